The zero-order valence-corrected chi connectivity index (χ0v) is 13.1. The summed E-state index contributed by atoms with van der Waals surface area (Å²) in [5.41, 5.74) is 0. The molecule has 19 heavy (non-hydrogen) atoms. The van der Waals surface area contributed by atoms with E-state index in [0.29, 0.717) is 12.0 Å². The molecule has 2 aliphatic rings. The molecule has 0 bridgehead atoms. The fourth-order valence-corrected chi connectivity index (χ4v) is 4.20. The lowest BCUT2D eigenvalue weighted by molar-refractivity contribution is 0.0939. The van der Waals surface area contributed by atoms with Crippen LogP contribution in [0.2, 0.25) is 0 Å². The summed E-state index contributed by atoms with van der Waals surface area (Å²) >= 11 is 0. The predicted octanol–water partition coefficient (Wildman–Crippen LogP) is 3.59. The molecule has 0 aromatic rings. The first-order valence-electron chi connectivity index (χ1n) is 8.47. The molecule has 0 spiro atoms. The molecule has 2 N–H and O–H groups in total. The number of hydrogen-bond donors (Lipinski definition) is 2. The van der Waals surface area contributed by atoms with E-state index < -0.39 is 0 Å². The molecule has 0 saturated heterocycles. The molecule has 0 radical (unpaired) electrons. The maximum absolute atomic E-state index is 9.77. The summed E-state index contributed by atoms with van der Waals surface area (Å²) in [7, 11) is 0. The lowest BCUT2D eigenvalue weighted by Crippen LogP contribution is -2.45. The van der Waals surface area contributed by atoms with Crippen LogP contribution in [0.5, 0.6) is 0 Å². The van der Waals surface area contributed by atoms with Gasteiger partial charge < -0.3 is 10.4 Å². The van der Waals surface area contributed by atoms with Crippen LogP contribution >= 0.6 is 0 Å². The highest BCUT2D eigenvalue weighted by Crippen LogP contribution is 2.34. The molecule has 0 amide bonds. The molecule has 2 heteroatoms. The Morgan fingerprint density at radius 3 is 2.58 bits per heavy atom. The summed E-state index contributed by atoms with van der Waals surface area (Å²) in [6, 6.07) is 0.711. The molecular weight excluding hydrogens is 234 g/mol. The van der Waals surface area contributed by atoms with Gasteiger partial charge in [-0.2, -0.15) is 0 Å². The summed E-state index contributed by atoms with van der Waals surface area (Å²) in [5.74, 6) is 3.23. The summed E-state index contributed by atoms with van der Waals surface area (Å²) in [4.78, 5) is 0. The van der Waals surface area contributed by atoms with Gasteiger partial charge in [0.25, 0.3) is 0 Å². The summed E-state index contributed by atoms with van der Waals surface area (Å²) < 4.78 is 0. The van der Waals surface area contributed by atoms with Crippen molar-refractivity contribution in [1.82, 2.24) is 5.32 Å². The average Bonchev–Trinajstić information content (AvgIpc) is 2.36. The molecule has 0 aliphatic heterocycles. The summed E-state index contributed by atoms with van der Waals surface area (Å²) in [6.07, 6.45) is 8.66. The number of rotatable bonds is 4. The molecule has 2 rings (SSSR count). The Morgan fingerprint density at radius 2 is 1.89 bits per heavy atom. The van der Waals surface area contributed by atoms with Crippen LogP contribution < -0.4 is 5.32 Å². The van der Waals surface area contributed by atoms with Crippen LogP contribution in [0.1, 0.15) is 65.7 Å². The van der Waals surface area contributed by atoms with Crippen molar-refractivity contribution >= 4 is 0 Å². The molecule has 2 saturated carbocycles. The third-order valence-electron chi connectivity index (χ3n) is 5.45. The maximum atomic E-state index is 9.77. The lowest BCUT2D eigenvalue weighted by atomic mass is 9.73. The fraction of sp³-hybridized carbons (Fsp3) is 1.00. The van der Waals surface area contributed by atoms with Gasteiger partial charge in [0, 0.05) is 6.04 Å². The van der Waals surface area contributed by atoms with Crippen molar-refractivity contribution < 1.29 is 5.11 Å². The summed E-state index contributed by atoms with van der Waals surface area (Å²) in [5, 5.41) is 13.6. The van der Waals surface area contributed by atoms with Crippen molar-refractivity contribution in [2.45, 2.75) is 77.9 Å². The third-order valence-corrected chi connectivity index (χ3v) is 5.45. The molecule has 5 unspecified atom stereocenters. The van der Waals surface area contributed by atoms with Crippen LogP contribution in [0.3, 0.4) is 0 Å². The van der Waals surface area contributed by atoms with Crippen molar-refractivity contribution in [3.8, 4) is 0 Å². The Kier molecular flexibility index (Phi) is 5.70. The monoisotopic (exact) mass is 267 g/mol. The van der Waals surface area contributed by atoms with Crippen LogP contribution in [0, 0.1) is 23.7 Å². The van der Waals surface area contributed by atoms with Crippen LogP contribution in [-0.2, 0) is 0 Å². The van der Waals surface area contributed by atoms with Gasteiger partial charge in [0.05, 0.1) is 6.10 Å². The van der Waals surface area contributed by atoms with Crippen LogP contribution in [-0.4, -0.2) is 23.8 Å². The standard InChI is InChI=1S/C17H33NO/c1-12(2)16-8-7-13(3)9-17(16)18-11-14-5-4-6-15(19)10-14/h12-19H,4-11H2,1-3H3. The second-order valence-electron chi connectivity index (χ2n) is 7.53. The molecule has 112 valence electrons. The van der Waals surface area contributed by atoms with E-state index in [1.165, 1.54) is 32.1 Å². The second kappa shape index (κ2) is 7.08. The molecule has 2 fully saturated rings. The van der Waals surface area contributed by atoms with Crippen LogP contribution in [0.25, 0.3) is 0 Å². The first kappa shape index (κ1) is 15.3. The van der Waals surface area contributed by atoms with E-state index >= 15 is 0 Å². The number of aliphatic hydroxyl groups is 1. The Balaban J connectivity index is 1.81. The molecule has 5 atom stereocenters. The number of hydrogen-bond acceptors (Lipinski definition) is 2. The Morgan fingerprint density at radius 1 is 1.11 bits per heavy atom. The SMILES string of the molecule is CC1CCC(C(C)C)C(NCC2CCCC(O)C2)C1. The van der Waals surface area contributed by atoms with Gasteiger partial charge in [0.15, 0.2) is 0 Å². The minimum absolute atomic E-state index is 0.0354. The van der Waals surface area contributed by atoms with Crippen molar-refractivity contribution in [2.24, 2.45) is 23.7 Å². The highest BCUT2D eigenvalue weighted by molar-refractivity contribution is 4.86. The van der Waals surface area contributed by atoms with Crippen LogP contribution in [0.15, 0.2) is 0 Å². The molecule has 2 aliphatic carbocycles. The van der Waals surface area contributed by atoms with Crippen LogP contribution in [0.4, 0.5) is 0 Å². The Labute approximate surface area is 119 Å². The number of nitrogens with one attached hydrogen (secondary N) is 1. The first-order valence-corrected chi connectivity index (χ1v) is 8.47. The van der Waals surface area contributed by atoms with Gasteiger partial charge in [0.1, 0.15) is 0 Å². The number of aliphatic hydroxyl groups excluding tert-OH is 1. The zero-order valence-electron chi connectivity index (χ0n) is 13.1. The minimum Gasteiger partial charge on any atom is -0.393 e. The summed E-state index contributed by atoms with van der Waals surface area (Å²) in [6.45, 7) is 8.27. The topological polar surface area (TPSA) is 32.3 Å². The van der Waals surface area contributed by atoms with Crippen molar-refractivity contribution in [3.05, 3.63) is 0 Å². The van der Waals surface area contributed by atoms with Gasteiger partial charge in [-0.25, -0.2) is 0 Å². The van der Waals surface area contributed by atoms with Crippen molar-refractivity contribution in [2.75, 3.05) is 6.54 Å². The van der Waals surface area contributed by atoms with Gasteiger partial charge in [-0.15, -0.1) is 0 Å². The predicted molar refractivity (Wildman–Crippen MR) is 81.1 cm³/mol. The van der Waals surface area contributed by atoms with Gasteiger partial charge in [-0.1, -0.05) is 33.6 Å². The van der Waals surface area contributed by atoms with Crippen molar-refractivity contribution in [1.29, 1.82) is 0 Å². The zero-order chi connectivity index (χ0) is 13.8. The lowest BCUT2D eigenvalue weighted by Gasteiger charge is -2.39. The van der Waals surface area contributed by atoms with Gasteiger partial charge in [-0.05, 0) is 62.3 Å². The Hall–Kier alpha value is -0.0800. The Bertz CT molecular complexity index is 266. The van der Waals surface area contributed by atoms with Gasteiger partial charge >= 0.3 is 0 Å². The van der Waals surface area contributed by atoms with E-state index in [-0.39, 0.29) is 6.10 Å². The normalized spacial score (nSPS) is 40.6. The first-order chi connectivity index (χ1) is 9.06. The molecular formula is C17H33NO. The molecule has 0 aromatic carbocycles. The highest BCUT2D eigenvalue weighted by Gasteiger charge is 2.31. The fourth-order valence-electron chi connectivity index (χ4n) is 4.20. The third kappa shape index (κ3) is 4.46. The minimum atomic E-state index is -0.0354. The average molecular weight is 267 g/mol. The van der Waals surface area contributed by atoms with E-state index in [4.69, 9.17) is 0 Å². The van der Waals surface area contributed by atoms with Gasteiger partial charge in [0.2, 0.25) is 0 Å². The van der Waals surface area contributed by atoms with E-state index in [1.54, 1.807) is 0 Å². The highest BCUT2D eigenvalue weighted by atomic mass is 16.3. The largest absolute Gasteiger partial charge is 0.393 e. The van der Waals surface area contributed by atoms with E-state index in [9.17, 15) is 5.11 Å². The van der Waals surface area contributed by atoms with E-state index in [1.807, 2.05) is 0 Å². The second-order valence-corrected chi connectivity index (χ2v) is 7.53. The van der Waals surface area contributed by atoms with E-state index in [2.05, 4.69) is 26.1 Å². The van der Waals surface area contributed by atoms with Gasteiger partial charge in [-0.3, -0.25) is 0 Å². The van der Waals surface area contributed by atoms with E-state index in [0.717, 1.165) is 37.1 Å². The molecule has 0 heterocycles. The molecule has 2 nitrogen and oxygen atoms in total. The van der Waals surface area contributed by atoms with Crippen molar-refractivity contribution in [3.63, 3.8) is 0 Å². The quantitative estimate of drug-likeness (QED) is 0.816. The smallest absolute Gasteiger partial charge is 0.0543 e. The molecule has 0 aromatic heterocycles. The maximum Gasteiger partial charge on any atom is 0.0543 e.